The number of esters is 2. The maximum Gasteiger partial charge on any atom is 0.408 e. The Labute approximate surface area is 262 Å². The highest BCUT2D eigenvalue weighted by molar-refractivity contribution is 7.93. The Bertz CT molecular complexity index is 1350. The smallest absolute Gasteiger partial charge is 0.408 e. The lowest BCUT2D eigenvalue weighted by Gasteiger charge is -2.23. The zero-order valence-corrected chi connectivity index (χ0v) is 27.2. The Morgan fingerprint density at radius 2 is 1.40 bits per heavy atom. The fourth-order valence-electron chi connectivity index (χ4n) is 3.19. The standard InChI is InChI=1S/C29H42N4O11S/c1-28(2,3)43-24(36)15-21(33-27(39)42-18-19-11-9-8-10-12-19)25(37)31-16-22(34)30-17-23(35)32-20(13-14-45(7,40)41)26(38)44-29(4,5)6/h8-14,20-21H,15-18H2,1-7H3,(H,30,34)(H,31,37)(H,32,35)(H,33,39)/b14-13+/t20?,21-/m0/s1. The Hall–Kier alpha value is -4.47. The highest BCUT2D eigenvalue weighted by atomic mass is 32.2. The normalized spacial score (nSPS) is 13.1. The van der Waals surface area contributed by atoms with Crippen molar-refractivity contribution in [3.63, 3.8) is 0 Å². The molecule has 2 atom stereocenters. The van der Waals surface area contributed by atoms with Crippen molar-refractivity contribution in [3.8, 4) is 0 Å². The first kappa shape index (κ1) is 38.6. The van der Waals surface area contributed by atoms with Gasteiger partial charge in [-0.15, -0.1) is 0 Å². The average Bonchev–Trinajstić information content (AvgIpc) is 2.89. The highest BCUT2D eigenvalue weighted by Crippen LogP contribution is 2.11. The van der Waals surface area contributed by atoms with Crippen molar-refractivity contribution >= 4 is 45.6 Å². The molecule has 0 spiro atoms. The number of alkyl carbamates (subject to hydrolysis) is 1. The number of benzene rings is 1. The number of nitrogens with one attached hydrogen (secondary N) is 4. The molecule has 0 heterocycles. The van der Waals surface area contributed by atoms with E-state index in [2.05, 4.69) is 21.3 Å². The molecule has 1 aromatic rings. The summed E-state index contributed by atoms with van der Waals surface area (Å²) in [5, 5.41) is 9.76. The van der Waals surface area contributed by atoms with Gasteiger partial charge in [0.05, 0.1) is 19.5 Å². The van der Waals surface area contributed by atoms with E-state index in [0.717, 1.165) is 17.7 Å². The van der Waals surface area contributed by atoms with E-state index in [9.17, 15) is 37.2 Å². The molecule has 16 heteroatoms. The van der Waals surface area contributed by atoms with Gasteiger partial charge in [0.25, 0.3) is 0 Å². The van der Waals surface area contributed by atoms with Gasteiger partial charge in [-0.3, -0.25) is 19.2 Å². The molecule has 0 aliphatic heterocycles. The summed E-state index contributed by atoms with van der Waals surface area (Å²) in [5.74, 6) is -4.33. The van der Waals surface area contributed by atoms with Gasteiger partial charge in [0, 0.05) is 11.7 Å². The number of carbonyl (C=O) groups is 6. The molecule has 0 fully saturated rings. The summed E-state index contributed by atoms with van der Waals surface area (Å²) < 4.78 is 38.5. The molecule has 0 aromatic heterocycles. The van der Waals surface area contributed by atoms with E-state index >= 15 is 0 Å². The second-order valence-corrected chi connectivity index (χ2v) is 13.7. The zero-order valence-electron chi connectivity index (χ0n) is 26.4. The Morgan fingerprint density at radius 3 is 1.96 bits per heavy atom. The molecule has 250 valence electrons. The summed E-state index contributed by atoms with van der Waals surface area (Å²) in [7, 11) is -3.63. The van der Waals surface area contributed by atoms with Gasteiger partial charge in [-0.25, -0.2) is 18.0 Å². The highest BCUT2D eigenvalue weighted by Gasteiger charge is 2.28. The van der Waals surface area contributed by atoms with Gasteiger partial charge in [-0.2, -0.15) is 0 Å². The van der Waals surface area contributed by atoms with E-state index < -0.39 is 88.4 Å². The number of rotatable bonds is 14. The third-order valence-electron chi connectivity index (χ3n) is 4.98. The fraction of sp³-hybridized carbons (Fsp3) is 0.517. The van der Waals surface area contributed by atoms with Crippen LogP contribution < -0.4 is 21.3 Å². The van der Waals surface area contributed by atoms with Crippen LogP contribution in [0.3, 0.4) is 0 Å². The zero-order chi connectivity index (χ0) is 34.4. The van der Waals surface area contributed by atoms with Crippen LogP contribution in [0.2, 0.25) is 0 Å². The molecule has 1 aromatic carbocycles. The number of hydrogen-bond donors (Lipinski definition) is 4. The van der Waals surface area contributed by atoms with Crippen molar-refractivity contribution < 1.29 is 51.4 Å². The minimum Gasteiger partial charge on any atom is -0.460 e. The van der Waals surface area contributed by atoms with Gasteiger partial charge in [0.2, 0.25) is 17.7 Å². The Kier molecular flexibility index (Phi) is 14.7. The van der Waals surface area contributed by atoms with Crippen LogP contribution in [0.25, 0.3) is 0 Å². The van der Waals surface area contributed by atoms with Crippen molar-refractivity contribution in [2.45, 2.75) is 77.9 Å². The molecule has 4 amide bonds. The van der Waals surface area contributed by atoms with Gasteiger partial charge < -0.3 is 35.5 Å². The van der Waals surface area contributed by atoms with E-state index in [4.69, 9.17) is 14.2 Å². The summed E-state index contributed by atoms with van der Waals surface area (Å²) in [6.07, 6.45) is 0.271. The van der Waals surface area contributed by atoms with E-state index in [1.54, 1.807) is 71.9 Å². The summed E-state index contributed by atoms with van der Waals surface area (Å²) in [4.78, 5) is 74.8. The van der Waals surface area contributed by atoms with Crippen LogP contribution in [0.5, 0.6) is 0 Å². The van der Waals surface area contributed by atoms with Crippen molar-refractivity contribution in [1.29, 1.82) is 0 Å². The predicted molar refractivity (Wildman–Crippen MR) is 162 cm³/mol. The molecule has 1 rings (SSSR count). The van der Waals surface area contributed by atoms with E-state index in [0.29, 0.717) is 5.56 Å². The van der Waals surface area contributed by atoms with Crippen LogP contribution >= 0.6 is 0 Å². The van der Waals surface area contributed by atoms with Gasteiger partial charge in [0.1, 0.15) is 29.9 Å². The Balaban J connectivity index is 2.78. The maximum absolute atomic E-state index is 12.8. The third-order valence-corrected chi connectivity index (χ3v) is 5.63. The average molecular weight is 655 g/mol. The van der Waals surface area contributed by atoms with Crippen LogP contribution in [0, 0.1) is 0 Å². The number of ether oxygens (including phenoxy) is 3. The van der Waals surface area contributed by atoms with Gasteiger partial charge in [-0.05, 0) is 53.2 Å². The molecule has 45 heavy (non-hydrogen) atoms. The maximum atomic E-state index is 12.8. The number of hydrogen-bond acceptors (Lipinski definition) is 11. The first-order valence-electron chi connectivity index (χ1n) is 13.8. The minimum atomic E-state index is -3.63. The molecule has 0 radical (unpaired) electrons. The summed E-state index contributed by atoms with van der Waals surface area (Å²) in [6, 6.07) is 5.80. The molecule has 0 saturated carbocycles. The van der Waals surface area contributed by atoms with Crippen LogP contribution in [-0.4, -0.2) is 86.8 Å². The molecule has 0 saturated heterocycles. The van der Waals surface area contributed by atoms with Crippen molar-refractivity contribution in [1.82, 2.24) is 21.3 Å². The first-order chi connectivity index (χ1) is 20.6. The first-order valence-corrected chi connectivity index (χ1v) is 15.7. The van der Waals surface area contributed by atoms with Crippen LogP contribution in [-0.2, 0) is 54.6 Å². The summed E-state index contributed by atoms with van der Waals surface area (Å²) >= 11 is 0. The molecule has 0 aliphatic carbocycles. The second kappa shape index (κ2) is 17.1. The lowest BCUT2D eigenvalue weighted by molar-refractivity contribution is -0.157. The second-order valence-electron chi connectivity index (χ2n) is 11.8. The summed E-state index contributed by atoms with van der Waals surface area (Å²) in [5.41, 5.74) is -1.11. The largest absolute Gasteiger partial charge is 0.460 e. The Morgan fingerprint density at radius 1 is 0.822 bits per heavy atom. The van der Waals surface area contributed by atoms with Crippen LogP contribution in [0.4, 0.5) is 4.79 Å². The molecule has 1 unspecified atom stereocenters. The minimum absolute atomic E-state index is 0.100. The summed E-state index contributed by atoms with van der Waals surface area (Å²) in [6.45, 7) is 8.22. The molecule has 0 bridgehead atoms. The quantitative estimate of drug-likeness (QED) is 0.161. The van der Waals surface area contributed by atoms with Crippen molar-refractivity contribution in [2.24, 2.45) is 0 Å². The van der Waals surface area contributed by atoms with Crippen LogP contribution in [0.1, 0.15) is 53.5 Å². The molecule has 15 nitrogen and oxygen atoms in total. The van der Waals surface area contributed by atoms with Crippen molar-refractivity contribution in [2.75, 3.05) is 19.3 Å². The SMILES string of the molecule is CC(C)(C)OC(=O)C[C@H](NC(=O)OCc1ccccc1)C(=O)NCC(=O)NCC(=O)NC(/C=C/S(C)(=O)=O)C(=O)OC(C)(C)C. The van der Waals surface area contributed by atoms with Gasteiger partial charge >= 0.3 is 18.0 Å². The number of carbonyl (C=O) groups excluding carboxylic acids is 6. The number of sulfone groups is 1. The topological polar surface area (TPSA) is 212 Å². The lowest BCUT2D eigenvalue weighted by atomic mass is 10.1. The van der Waals surface area contributed by atoms with Gasteiger partial charge in [0.15, 0.2) is 9.84 Å². The lowest BCUT2D eigenvalue weighted by Crippen LogP contribution is -2.51. The van der Waals surface area contributed by atoms with Crippen LogP contribution in [0.15, 0.2) is 41.8 Å². The third kappa shape index (κ3) is 18.7. The molecule has 4 N–H and O–H groups in total. The molecule has 0 aliphatic rings. The number of amides is 4. The predicted octanol–water partition coefficient (Wildman–Crippen LogP) is 0.630. The van der Waals surface area contributed by atoms with E-state index in [-0.39, 0.29) is 6.61 Å². The monoisotopic (exact) mass is 654 g/mol. The molecular weight excluding hydrogens is 612 g/mol. The van der Waals surface area contributed by atoms with Crippen molar-refractivity contribution in [3.05, 3.63) is 47.4 Å². The molecular formula is C29H42N4O11S. The fourth-order valence-corrected chi connectivity index (χ4v) is 3.64. The van der Waals surface area contributed by atoms with E-state index in [1.807, 2.05) is 0 Å². The van der Waals surface area contributed by atoms with E-state index in [1.165, 1.54) is 0 Å². The van der Waals surface area contributed by atoms with Gasteiger partial charge in [-0.1, -0.05) is 30.3 Å².